The first-order chi connectivity index (χ1) is 9.54. The summed E-state index contributed by atoms with van der Waals surface area (Å²) in [6, 6.07) is 0. The summed E-state index contributed by atoms with van der Waals surface area (Å²) in [4.78, 5) is 25.6. The predicted octanol–water partition coefficient (Wildman–Crippen LogP) is 2.05. The van der Waals surface area contributed by atoms with Gasteiger partial charge in [-0.1, -0.05) is 16.8 Å². The number of aryl methyl sites for hydroxylation is 1. The average molecular weight is 301 g/mol. The molecule has 0 radical (unpaired) electrons. The molecule has 1 aromatic heterocycles. The minimum absolute atomic E-state index is 0.0358. The summed E-state index contributed by atoms with van der Waals surface area (Å²) in [5.74, 6) is -0.835. The topological polar surface area (TPSA) is 72.6 Å². The van der Waals surface area contributed by atoms with Crippen LogP contribution in [0.25, 0.3) is 0 Å². The van der Waals surface area contributed by atoms with Crippen molar-refractivity contribution in [3.63, 3.8) is 0 Å². The highest BCUT2D eigenvalue weighted by molar-refractivity contribution is 6.33. The van der Waals surface area contributed by atoms with Gasteiger partial charge >= 0.3 is 5.97 Å². The fourth-order valence-corrected chi connectivity index (χ4v) is 2.40. The van der Waals surface area contributed by atoms with Crippen LogP contribution >= 0.6 is 11.6 Å². The van der Waals surface area contributed by atoms with Crippen molar-refractivity contribution in [3.8, 4) is 0 Å². The number of hydrogen-bond acceptors (Lipinski definition) is 5. The van der Waals surface area contributed by atoms with Gasteiger partial charge in [0.15, 0.2) is 0 Å². The monoisotopic (exact) mass is 300 g/mol. The maximum atomic E-state index is 12.3. The third-order valence-corrected chi connectivity index (χ3v) is 3.76. The molecule has 6 nitrogen and oxygen atoms in total. The van der Waals surface area contributed by atoms with Gasteiger partial charge in [0.2, 0.25) is 5.76 Å². The van der Waals surface area contributed by atoms with Crippen molar-refractivity contribution in [1.82, 2.24) is 10.1 Å². The molecule has 2 heterocycles. The Labute approximate surface area is 122 Å². The second-order valence-electron chi connectivity index (χ2n) is 4.75. The molecular weight excluding hydrogens is 284 g/mol. The van der Waals surface area contributed by atoms with Crippen LogP contribution in [-0.2, 0) is 9.53 Å². The van der Waals surface area contributed by atoms with E-state index in [1.807, 2.05) is 0 Å². The molecule has 0 spiro atoms. The van der Waals surface area contributed by atoms with Crippen molar-refractivity contribution in [2.45, 2.75) is 26.7 Å². The lowest BCUT2D eigenvalue weighted by molar-refractivity contribution is -0.149. The van der Waals surface area contributed by atoms with Gasteiger partial charge in [-0.05, 0) is 26.7 Å². The minimum atomic E-state index is -0.329. The van der Waals surface area contributed by atoms with Gasteiger partial charge < -0.3 is 14.2 Å². The van der Waals surface area contributed by atoms with E-state index in [1.54, 1.807) is 18.7 Å². The van der Waals surface area contributed by atoms with E-state index < -0.39 is 0 Å². The molecule has 1 atom stereocenters. The van der Waals surface area contributed by atoms with Gasteiger partial charge in [0, 0.05) is 13.1 Å². The number of halogens is 1. The van der Waals surface area contributed by atoms with Crippen molar-refractivity contribution in [2.75, 3.05) is 19.7 Å². The van der Waals surface area contributed by atoms with Gasteiger partial charge in [0.25, 0.3) is 5.91 Å². The summed E-state index contributed by atoms with van der Waals surface area (Å²) < 4.78 is 9.97. The van der Waals surface area contributed by atoms with Gasteiger partial charge in [0.1, 0.15) is 5.02 Å². The van der Waals surface area contributed by atoms with E-state index in [1.165, 1.54) is 0 Å². The number of piperidine rings is 1. The van der Waals surface area contributed by atoms with Gasteiger partial charge in [-0.15, -0.1) is 0 Å². The van der Waals surface area contributed by atoms with Crippen molar-refractivity contribution < 1.29 is 18.8 Å². The summed E-state index contributed by atoms with van der Waals surface area (Å²) in [7, 11) is 0. The number of ether oxygens (including phenoxy) is 1. The number of aromatic nitrogens is 1. The first kappa shape index (κ1) is 14.8. The van der Waals surface area contributed by atoms with Crippen molar-refractivity contribution >= 4 is 23.5 Å². The number of nitrogens with zero attached hydrogens (tertiary/aromatic N) is 2. The second-order valence-corrected chi connectivity index (χ2v) is 5.13. The lowest BCUT2D eigenvalue weighted by Crippen LogP contribution is -2.42. The number of amides is 1. The molecule has 1 saturated heterocycles. The molecule has 0 saturated carbocycles. The molecule has 1 aromatic rings. The van der Waals surface area contributed by atoms with Crippen molar-refractivity contribution in [2.24, 2.45) is 5.92 Å². The average Bonchev–Trinajstić information content (AvgIpc) is 2.79. The second kappa shape index (κ2) is 6.26. The van der Waals surface area contributed by atoms with E-state index in [2.05, 4.69) is 5.16 Å². The Morgan fingerprint density at radius 3 is 2.90 bits per heavy atom. The van der Waals surface area contributed by atoms with Crippen LogP contribution in [-0.4, -0.2) is 41.6 Å². The smallest absolute Gasteiger partial charge is 0.310 e. The van der Waals surface area contributed by atoms with Gasteiger partial charge in [-0.3, -0.25) is 9.59 Å². The van der Waals surface area contributed by atoms with Gasteiger partial charge in [0.05, 0.1) is 18.2 Å². The van der Waals surface area contributed by atoms with E-state index in [9.17, 15) is 9.59 Å². The molecule has 0 aliphatic carbocycles. The number of likely N-dealkylation sites (tertiary alicyclic amines) is 1. The zero-order valence-corrected chi connectivity index (χ0v) is 12.3. The summed E-state index contributed by atoms with van der Waals surface area (Å²) in [5.41, 5.74) is 0.481. The maximum Gasteiger partial charge on any atom is 0.310 e. The van der Waals surface area contributed by atoms with Crippen molar-refractivity contribution in [1.29, 1.82) is 0 Å². The van der Waals surface area contributed by atoms with E-state index in [0.717, 1.165) is 12.8 Å². The standard InChI is InChI=1S/C13H17ClN2O4/c1-3-19-13(18)9-5-4-6-16(7-9)12(17)11-10(14)8(2)15-20-11/h9H,3-7H2,1-2H3/t9-/m0/s1. The number of carbonyl (C=O) groups excluding carboxylic acids is 2. The predicted molar refractivity (Wildman–Crippen MR) is 71.5 cm³/mol. The third-order valence-electron chi connectivity index (χ3n) is 3.31. The quantitative estimate of drug-likeness (QED) is 0.799. The molecule has 110 valence electrons. The zero-order chi connectivity index (χ0) is 14.7. The Balaban J connectivity index is 2.07. The lowest BCUT2D eigenvalue weighted by atomic mass is 9.98. The molecule has 20 heavy (non-hydrogen) atoms. The largest absolute Gasteiger partial charge is 0.466 e. The first-order valence-corrected chi connectivity index (χ1v) is 7.00. The molecule has 1 amide bonds. The van der Waals surface area contributed by atoms with Crippen LogP contribution in [0.1, 0.15) is 36.0 Å². The highest BCUT2D eigenvalue weighted by Gasteiger charge is 2.32. The molecule has 0 unspecified atom stereocenters. The fourth-order valence-electron chi connectivity index (χ4n) is 2.25. The van der Waals surface area contributed by atoms with Crippen LogP contribution in [0.2, 0.25) is 5.02 Å². The van der Waals surface area contributed by atoms with Crippen LogP contribution < -0.4 is 0 Å². The van der Waals surface area contributed by atoms with Crippen LogP contribution in [0, 0.1) is 12.8 Å². The summed E-state index contributed by atoms with van der Waals surface area (Å²) in [6.45, 7) is 4.68. The Morgan fingerprint density at radius 2 is 2.30 bits per heavy atom. The van der Waals surface area contributed by atoms with Crippen molar-refractivity contribution in [3.05, 3.63) is 16.5 Å². The highest BCUT2D eigenvalue weighted by atomic mass is 35.5. The molecule has 1 fully saturated rings. The maximum absolute atomic E-state index is 12.3. The molecule has 0 N–H and O–H groups in total. The first-order valence-electron chi connectivity index (χ1n) is 6.62. The van der Waals surface area contributed by atoms with Crippen LogP contribution in [0.15, 0.2) is 4.52 Å². The lowest BCUT2D eigenvalue weighted by Gasteiger charge is -2.30. The van der Waals surface area contributed by atoms with E-state index in [0.29, 0.717) is 25.4 Å². The van der Waals surface area contributed by atoms with E-state index in [4.69, 9.17) is 20.9 Å². The molecule has 1 aliphatic rings. The van der Waals surface area contributed by atoms with E-state index in [-0.39, 0.29) is 28.6 Å². The normalized spacial score (nSPS) is 18.9. The summed E-state index contributed by atoms with van der Waals surface area (Å²) in [5, 5.41) is 3.90. The Hall–Kier alpha value is -1.56. The number of hydrogen-bond donors (Lipinski definition) is 0. The molecular formula is C13H17ClN2O4. The van der Waals surface area contributed by atoms with E-state index >= 15 is 0 Å². The fraction of sp³-hybridized carbons (Fsp3) is 0.615. The Kier molecular flexibility index (Phi) is 4.65. The summed E-state index contributed by atoms with van der Waals surface area (Å²) >= 11 is 5.98. The number of esters is 1. The number of rotatable bonds is 3. The van der Waals surface area contributed by atoms with Gasteiger partial charge in [-0.2, -0.15) is 0 Å². The number of carbonyl (C=O) groups is 2. The molecule has 7 heteroatoms. The Morgan fingerprint density at radius 1 is 1.55 bits per heavy atom. The van der Waals surface area contributed by atoms with Crippen LogP contribution in [0.4, 0.5) is 0 Å². The SMILES string of the molecule is CCOC(=O)[C@H]1CCCN(C(=O)c2onc(C)c2Cl)C1. The zero-order valence-electron chi connectivity index (χ0n) is 11.5. The minimum Gasteiger partial charge on any atom is -0.466 e. The van der Waals surface area contributed by atoms with Crippen LogP contribution in [0.5, 0.6) is 0 Å². The molecule has 2 rings (SSSR count). The Bertz CT molecular complexity index is 514. The molecule has 0 aromatic carbocycles. The molecule has 0 bridgehead atoms. The van der Waals surface area contributed by atoms with Crippen LogP contribution in [0.3, 0.4) is 0 Å². The summed E-state index contributed by atoms with van der Waals surface area (Å²) in [6.07, 6.45) is 1.48. The van der Waals surface area contributed by atoms with Gasteiger partial charge in [-0.25, -0.2) is 0 Å². The molecule has 1 aliphatic heterocycles. The third kappa shape index (κ3) is 2.95. The highest BCUT2D eigenvalue weighted by Crippen LogP contribution is 2.24.